The summed E-state index contributed by atoms with van der Waals surface area (Å²) in [5, 5.41) is 12.1. The van der Waals surface area contributed by atoms with Crippen LogP contribution in [0.3, 0.4) is 0 Å². The molecule has 1 aromatic carbocycles. The quantitative estimate of drug-likeness (QED) is 0.627. The molecule has 2 heterocycles. The lowest BCUT2D eigenvalue weighted by Crippen LogP contribution is -3.10. The van der Waals surface area contributed by atoms with Crippen molar-refractivity contribution >= 4 is 22.9 Å². The zero-order valence-electron chi connectivity index (χ0n) is 14.4. The highest BCUT2D eigenvalue weighted by molar-refractivity contribution is 7.13. The Labute approximate surface area is 156 Å². The number of rotatable bonds is 6. The van der Waals surface area contributed by atoms with Crippen molar-refractivity contribution in [1.29, 1.82) is 0 Å². The second-order valence-corrected chi connectivity index (χ2v) is 6.89. The van der Waals surface area contributed by atoms with Crippen molar-refractivity contribution in [2.24, 2.45) is 0 Å². The minimum Gasteiger partial charge on any atom is -0.414 e. The van der Waals surface area contributed by atoms with Crippen LogP contribution in [-0.4, -0.2) is 29.7 Å². The number of carbonyl (C=O) groups excluding carboxylic acids is 1. The standard InChI is InChI=1S/C17H15F3N4O2S/c1-9(16-22-23-17(26-16)12-4-3-7-27-12)24(2)8-13(25)21-11-6-5-10(18)14(19)15(11)20/h3-7,9H,8H2,1-2H3,(H,21,25)/p+1/t9-/m1/s1. The van der Waals surface area contributed by atoms with Gasteiger partial charge in [0.1, 0.15) is 0 Å². The first-order chi connectivity index (χ1) is 12.9. The summed E-state index contributed by atoms with van der Waals surface area (Å²) in [6.07, 6.45) is 0. The van der Waals surface area contributed by atoms with E-state index in [9.17, 15) is 18.0 Å². The molecule has 0 spiro atoms. The Hall–Kier alpha value is -2.72. The predicted octanol–water partition coefficient (Wildman–Crippen LogP) is 2.43. The Morgan fingerprint density at radius 2 is 2.04 bits per heavy atom. The highest BCUT2D eigenvalue weighted by atomic mass is 32.1. The van der Waals surface area contributed by atoms with Gasteiger partial charge in [0.25, 0.3) is 17.7 Å². The summed E-state index contributed by atoms with van der Waals surface area (Å²) in [6, 6.07) is 5.12. The summed E-state index contributed by atoms with van der Waals surface area (Å²) in [6.45, 7) is 1.72. The molecule has 6 nitrogen and oxygen atoms in total. The molecule has 27 heavy (non-hydrogen) atoms. The van der Waals surface area contributed by atoms with Crippen molar-refractivity contribution in [3.8, 4) is 10.8 Å². The molecule has 0 fully saturated rings. The number of nitrogens with one attached hydrogen (secondary N) is 2. The van der Waals surface area contributed by atoms with E-state index in [1.54, 1.807) is 14.0 Å². The number of halogens is 3. The molecule has 2 atom stereocenters. The molecule has 142 valence electrons. The van der Waals surface area contributed by atoms with Gasteiger partial charge in [0.15, 0.2) is 30.0 Å². The SMILES string of the molecule is C[C@H](c1nnc(-c2cccs2)o1)[NH+](C)CC(=O)Nc1ccc(F)c(F)c1F. The van der Waals surface area contributed by atoms with Gasteiger partial charge in [0.05, 0.1) is 17.6 Å². The number of amides is 1. The molecule has 0 saturated heterocycles. The van der Waals surface area contributed by atoms with Crippen LogP contribution >= 0.6 is 11.3 Å². The number of anilines is 1. The van der Waals surface area contributed by atoms with Crippen LogP contribution in [0.5, 0.6) is 0 Å². The molecule has 3 rings (SSSR count). The Bertz CT molecular complexity index is 946. The van der Waals surface area contributed by atoms with E-state index < -0.39 is 29.0 Å². The highest BCUT2D eigenvalue weighted by Crippen LogP contribution is 2.24. The molecule has 0 bridgehead atoms. The number of nitrogens with zero attached hydrogens (tertiary/aromatic N) is 2. The number of benzene rings is 1. The molecule has 10 heteroatoms. The van der Waals surface area contributed by atoms with E-state index in [0.717, 1.165) is 17.0 Å². The summed E-state index contributed by atoms with van der Waals surface area (Å²) < 4.78 is 45.5. The third-order valence-corrected chi connectivity index (χ3v) is 4.89. The number of aromatic nitrogens is 2. The van der Waals surface area contributed by atoms with Crippen LogP contribution in [0.4, 0.5) is 18.9 Å². The van der Waals surface area contributed by atoms with E-state index in [1.165, 1.54) is 11.3 Å². The molecule has 2 N–H and O–H groups in total. The fourth-order valence-electron chi connectivity index (χ4n) is 2.34. The molecular weight excluding hydrogens is 381 g/mol. The van der Waals surface area contributed by atoms with Crippen LogP contribution in [0.25, 0.3) is 10.8 Å². The third-order valence-electron chi connectivity index (χ3n) is 4.03. The van der Waals surface area contributed by atoms with Crippen molar-refractivity contribution in [2.75, 3.05) is 18.9 Å². The van der Waals surface area contributed by atoms with Crippen LogP contribution in [0, 0.1) is 17.5 Å². The normalized spacial score (nSPS) is 13.4. The fraction of sp³-hybridized carbons (Fsp3) is 0.235. The molecular formula is C17H16F3N4O2S+. The molecule has 0 saturated carbocycles. The second kappa shape index (κ2) is 7.89. The van der Waals surface area contributed by atoms with Gasteiger partial charge in [-0.25, -0.2) is 13.2 Å². The number of quaternary nitrogens is 1. The van der Waals surface area contributed by atoms with Gasteiger partial charge in [0.2, 0.25) is 0 Å². The molecule has 2 aromatic heterocycles. The average Bonchev–Trinajstić information content (AvgIpc) is 3.32. The first-order valence-corrected chi connectivity index (χ1v) is 8.87. The van der Waals surface area contributed by atoms with E-state index in [1.807, 2.05) is 17.5 Å². The summed E-state index contributed by atoms with van der Waals surface area (Å²) >= 11 is 1.46. The summed E-state index contributed by atoms with van der Waals surface area (Å²) in [7, 11) is 1.72. The smallest absolute Gasteiger partial charge is 0.279 e. The minimum absolute atomic E-state index is 0.0731. The van der Waals surface area contributed by atoms with Crippen LogP contribution in [0.2, 0.25) is 0 Å². The lowest BCUT2D eigenvalue weighted by Gasteiger charge is -2.18. The van der Waals surface area contributed by atoms with Crippen molar-refractivity contribution in [3.63, 3.8) is 0 Å². The number of thiophene rings is 1. The second-order valence-electron chi connectivity index (χ2n) is 5.94. The number of carbonyl (C=O) groups is 1. The van der Waals surface area contributed by atoms with Crippen molar-refractivity contribution < 1.29 is 27.3 Å². The van der Waals surface area contributed by atoms with E-state index in [4.69, 9.17) is 4.42 Å². The van der Waals surface area contributed by atoms with Gasteiger partial charge in [-0.2, -0.15) is 0 Å². The Morgan fingerprint density at radius 1 is 1.26 bits per heavy atom. The van der Waals surface area contributed by atoms with Gasteiger partial charge >= 0.3 is 0 Å². The van der Waals surface area contributed by atoms with Gasteiger partial charge < -0.3 is 14.6 Å². The molecule has 0 radical (unpaired) electrons. The number of hydrogen-bond acceptors (Lipinski definition) is 5. The highest BCUT2D eigenvalue weighted by Gasteiger charge is 2.25. The summed E-state index contributed by atoms with van der Waals surface area (Å²) in [5.41, 5.74) is -0.419. The predicted molar refractivity (Wildman–Crippen MR) is 92.7 cm³/mol. The molecule has 1 unspecified atom stereocenters. The maximum absolute atomic E-state index is 13.7. The molecule has 1 amide bonds. The van der Waals surface area contributed by atoms with Crippen LogP contribution in [0.15, 0.2) is 34.1 Å². The van der Waals surface area contributed by atoms with Crippen LogP contribution in [0.1, 0.15) is 18.9 Å². The maximum atomic E-state index is 13.7. The van der Waals surface area contributed by atoms with E-state index in [-0.39, 0.29) is 12.6 Å². The lowest BCUT2D eigenvalue weighted by atomic mass is 10.2. The molecule has 0 aliphatic heterocycles. The van der Waals surface area contributed by atoms with Crippen molar-refractivity contribution in [2.45, 2.75) is 13.0 Å². The van der Waals surface area contributed by atoms with Gasteiger partial charge in [0, 0.05) is 0 Å². The Kier molecular flexibility index (Phi) is 5.57. The zero-order valence-corrected chi connectivity index (χ0v) is 15.2. The number of hydrogen-bond donors (Lipinski definition) is 2. The van der Waals surface area contributed by atoms with Crippen LogP contribution < -0.4 is 10.2 Å². The summed E-state index contributed by atoms with van der Waals surface area (Å²) in [5.74, 6) is -4.21. The van der Waals surface area contributed by atoms with Gasteiger partial charge in [-0.05, 0) is 30.5 Å². The maximum Gasteiger partial charge on any atom is 0.279 e. The average molecular weight is 397 g/mol. The molecule has 0 aliphatic rings. The topological polar surface area (TPSA) is 72.5 Å². The van der Waals surface area contributed by atoms with Crippen molar-refractivity contribution in [3.05, 3.63) is 53.0 Å². The summed E-state index contributed by atoms with van der Waals surface area (Å²) in [4.78, 5) is 13.6. The molecule has 0 aliphatic carbocycles. The first kappa shape index (κ1) is 19.1. The lowest BCUT2D eigenvalue weighted by molar-refractivity contribution is -0.903. The van der Waals surface area contributed by atoms with E-state index in [0.29, 0.717) is 16.7 Å². The van der Waals surface area contributed by atoms with Gasteiger partial charge in [-0.15, -0.1) is 21.5 Å². The van der Waals surface area contributed by atoms with Gasteiger partial charge in [-0.3, -0.25) is 4.79 Å². The Morgan fingerprint density at radius 3 is 2.74 bits per heavy atom. The minimum atomic E-state index is -1.63. The first-order valence-electron chi connectivity index (χ1n) is 7.99. The number of likely N-dealkylation sites (N-methyl/N-ethyl adjacent to an activating group) is 1. The zero-order chi connectivity index (χ0) is 19.6. The Balaban J connectivity index is 1.63. The van der Waals surface area contributed by atoms with Crippen molar-refractivity contribution in [1.82, 2.24) is 10.2 Å². The molecule has 3 aromatic rings. The largest absolute Gasteiger partial charge is 0.414 e. The third kappa shape index (κ3) is 4.17. The fourth-order valence-corrected chi connectivity index (χ4v) is 2.99. The van der Waals surface area contributed by atoms with E-state index >= 15 is 0 Å². The van der Waals surface area contributed by atoms with Gasteiger partial charge in [-0.1, -0.05) is 6.07 Å². The van der Waals surface area contributed by atoms with E-state index in [2.05, 4.69) is 15.5 Å². The monoisotopic (exact) mass is 397 g/mol. The van der Waals surface area contributed by atoms with Crippen LogP contribution in [-0.2, 0) is 4.79 Å².